The van der Waals surface area contributed by atoms with Gasteiger partial charge in [-0.2, -0.15) is 10.2 Å². The molecule has 7 nitrogen and oxygen atoms in total. The van der Waals surface area contributed by atoms with Gasteiger partial charge in [0.2, 0.25) is 5.95 Å². The first-order chi connectivity index (χ1) is 14.1. The van der Waals surface area contributed by atoms with Crippen molar-refractivity contribution in [1.82, 2.24) is 29.5 Å². The number of anilines is 2. The molecule has 0 unspecified atom stereocenters. The van der Waals surface area contributed by atoms with Crippen LogP contribution in [0.2, 0.25) is 5.02 Å². The highest BCUT2D eigenvalue weighted by atomic mass is 35.5. The number of aromatic nitrogens is 6. The van der Waals surface area contributed by atoms with Gasteiger partial charge in [0.05, 0.1) is 29.0 Å². The van der Waals surface area contributed by atoms with E-state index < -0.39 is 0 Å². The lowest BCUT2D eigenvalue weighted by molar-refractivity contribution is 0.705. The second-order valence-electron chi connectivity index (χ2n) is 7.29. The Morgan fingerprint density at radius 1 is 1.17 bits per heavy atom. The molecule has 4 aromatic rings. The lowest BCUT2D eigenvalue weighted by Crippen LogP contribution is -2.09. The van der Waals surface area contributed by atoms with E-state index in [0.29, 0.717) is 5.95 Å². The molecule has 1 aliphatic rings. The number of halogens is 1. The van der Waals surface area contributed by atoms with E-state index in [1.54, 1.807) is 10.9 Å². The molecule has 0 bridgehead atoms. The Labute approximate surface area is 173 Å². The zero-order chi connectivity index (χ0) is 20.0. The molecule has 5 rings (SSSR count). The molecule has 0 amide bonds. The first-order valence-corrected chi connectivity index (χ1v) is 9.86. The van der Waals surface area contributed by atoms with Crippen LogP contribution in [0.25, 0.3) is 11.3 Å². The molecule has 3 heterocycles. The van der Waals surface area contributed by atoms with Gasteiger partial charge in [0.25, 0.3) is 0 Å². The Balaban J connectivity index is 1.56. The molecular weight excluding hydrogens is 386 g/mol. The van der Waals surface area contributed by atoms with E-state index in [4.69, 9.17) is 21.7 Å². The van der Waals surface area contributed by atoms with Gasteiger partial charge >= 0.3 is 0 Å². The number of nitrogens with one attached hydrogen (secondary N) is 1. The van der Waals surface area contributed by atoms with Gasteiger partial charge in [-0.25, -0.2) is 9.97 Å². The number of hydrogen-bond acceptors (Lipinski definition) is 5. The van der Waals surface area contributed by atoms with Crippen LogP contribution < -0.4 is 5.32 Å². The van der Waals surface area contributed by atoms with Gasteiger partial charge in [-0.05, 0) is 36.1 Å². The predicted octanol–water partition coefficient (Wildman–Crippen LogP) is 3.70. The van der Waals surface area contributed by atoms with Crippen LogP contribution in [0.15, 0.2) is 42.9 Å². The predicted molar refractivity (Wildman–Crippen MR) is 112 cm³/mol. The summed E-state index contributed by atoms with van der Waals surface area (Å²) in [4.78, 5) is 9.35. The van der Waals surface area contributed by atoms with Crippen molar-refractivity contribution in [3.63, 3.8) is 0 Å². The Hall–Kier alpha value is -3.19. The van der Waals surface area contributed by atoms with Crippen LogP contribution in [0, 0.1) is 0 Å². The fourth-order valence-electron chi connectivity index (χ4n) is 3.85. The molecule has 1 aromatic carbocycles. The largest absolute Gasteiger partial charge is 0.321 e. The fraction of sp³-hybridized carbons (Fsp3) is 0.238. The van der Waals surface area contributed by atoms with E-state index in [9.17, 15) is 0 Å². The number of hydrogen-bond donors (Lipinski definition) is 1. The van der Waals surface area contributed by atoms with Crippen molar-refractivity contribution in [2.45, 2.75) is 19.3 Å². The smallest absolute Gasteiger partial charge is 0.227 e. The van der Waals surface area contributed by atoms with Crippen molar-refractivity contribution >= 4 is 23.2 Å². The third-order valence-corrected chi connectivity index (χ3v) is 5.43. The van der Waals surface area contributed by atoms with Gasteiger partial charge in [-0.1, -0.05) is 23.7 Å². The van der Waals surface area contributed by atoms with Gasteiger partial charge in [0, 0.05) is 43.5 Å². The minimum absolute atomic E-state index is 0.558. The monoisotopic (exact) mass is 405 g/mol. The topological polar surface area (TPSA) is 73.5 Å². The lowest BCUT2D eigenvalue weighted by atomic mass is 9.91. The number of nitrogens with zero attached hydrogens (tertiary/aromatic N) is 6. The summed E-state index contributed by atoms with van der Waals surface area (Å²) < 4.78 is 3.71. The minimum atomic E-state index is 0.558. The Morgan fingerprint density at radius 3 is 2.86 bits per heavy atom. The Bertz CT molecular complexity index is 1210. The van der Waals surface area contributed by atoms with Crippen LogP contribution in [0.5, 0.6) is 0 Å². The van der Waals surface area contributed by atoms with Crippen LogP contribution >= 0.6 is 11.6 Å². The quantitative estimate of drug-likeness (QED) is 0.560. The number of aryl methyl sites for hydroxylation is 4. The van der Waals surface area contributed by atoms with Gasteiger partial charge in [-0.3, -0.25) is 9.36 Å². The third-order valence-electron chi connectivity index (χ3n) is 5.19. The molecule has 146 valence electrons. The van der Waals surface area contributed by atoms with Crippen LogP contribution in [-0.2, 0) is 33.4 Å². The maximum absolute atomic E-state index is 6.19. The normalized spacial score (nSPS) is 12.5. The second kappa shape index (κ2) is 7.00. The molecule has 8 heteroatoms. The van der Waals surface area contributed by atoms with Crippen molar-refractivity contribution < 1.29 is 0 Å². The summed E-state index contributed by atoms with van der Waals surface area (Å²) in [5, 5.41) is 12.9. The highest BCUT2D eigenvalue weighted by Gasteiger charge is 2.26. The second-order valence-corrected chi connectivity index (χ2v) is 7.73. The maximum atomic E-state index is 6.19. The zero-order valence-electron chi connectivity index (χ0n) is 16.2. The van der Waals surface area contributed by atoms with Crippen LogP contribution in [0.3, 0.4) is 0 Å². The van der Waals surface area contributed by atoms with Gasteiger partial charge in [0.1, 0.15) is 0 Å². The molecule has 0 saturated heterocycles. The van der Waals surface area contributed by atoms with Gasteiger partial charge < -0.3 is 5.32 Å². The number of benzene rings is 1. The Morgan fingerprint density at radius 2 is 2.07 bits per heavy atom. The van der Waals surface area contributed by atoms with Crippen molar-refractivity contribution in [3.05, 3.63) is 70.4 Å². The fourth-order valence-corrected chi connectivity index (χ4v) is 4.06. The average Bonchev–Trinajstić information content (AvgIpc) is 3.24. The number of fused-ring (bicyclic) bond motifs is 3. The lowest BCUT2D eigenvalue weighted by Gasteiger charge is -2.17. The SMILES string of the molecule is Cn1cc(Nc2ncc3c(n2)-c2c(nn(C)c2Cc2cccc(Cl)c2)CC3)cn1. The molecule has 3 aromatic heterocycles. The van der Waals surface area contributed by atoms with Gasteiger partial charge in [0.15, 0.2) is 0 Å². The molecule has 1 aliphatic carbocycles. The first-order valence-electron chi connectivity index (χ1n) is 9.48. The molecule has 0 spiro atoms. The van der Waals surface area contributed by atoms with Crippen molar-refractivity contribution in [3.8, 4) is 11.3 Å². The van der Waals surface area contributed by atoms with Crippen LogP contribution in [0.4, 0.5) is 11.6 Å². The van der Waals surface area contributed by atoms with Crippen LogP contribution in [-0.4, -0.2) is 29.5 Å². The summed E-state index contributed by atoms with van der Waals surface area (Å²) in [5.74, 6) is 0.558. The third kappa shape index (κ3) is 3.38. The van der Waals surface area contributed by atoms with Crippen molar-refractivity contribution in [2.75, 3.05) is 5.32 Å². The zero-order valence-corrected chi connectivity index (χ0v) is 17.0. The van der Waals surface area contributed by atoms with E-state index in [1.165, 1.54) is 0 Å². The van der Waals surface area contributed by atoms with Crippen molar-refractivity contribution in [2.24, 2.45) is 14.1 Å². The first kappa shape index (κ1) is 17.9. The highest BCUT2D eigenvalue weighted by Crippen LogP contribution is 2.36. The molecule has 0 saturated carbocycles. The molecule has 0 atom stereocenters. The van der Waals surface area contributed by atoms with E-state index in [-0.39, 0.29) is 0 Å². The molecule has 0 fully saturated rings. The summed E-state index contributed by atoms with van der Waals surface area (Å²) in [6.07, 6.45) is 8.09. The Kier molecular flexibility index (Phi) is 4.32. The summed E-state index contributed by atoms with van der Waals surface area (Å²) >= 11 is 6.19. The summed E-state index contributed by atoms with van der Waals surface area (Å²) in [7, 11) is 3.87. The summed E-state index contributed by atoms with van der Waals surface area (Å²) in [6, 6.07) is 7.96. The molecule has 0 aliphatic heterocycles. The van der Waals surface area contributed by atoms with E-state index in [1.807, 2.05) is 49.4 Å². The van der Waals surface area contributed by atoms with E-state index in [0.717, 1.165) is 63.7 Å². The maximum Gasteiger partial charge on any atom is 0.227 e. The van der Waals surface area contributed by atoms with Gasteiger partial charge in [-0.15, -0.1) is 0 Å². The summed E-state index contributed by atoms with van der Waals surface area (Å²) in [5.41, 5.74) is 7.45. The standard InChI is InChI=1S/C21H20ClN7/c1-28-12-16(11-24-28)25-21-23-10-14-6-7-17-19(20(14)26-21)18(29(2)27-17)9-13-4-3-5-15(22)8-13/h3-5,8,10-12H,6-7,9H2,1-2H3,(H,23,25,26). The van der Waals surface area contributed by atoms with Crippen LogP contribution in [0.1, 0.15) is 22.5 Å². The van der Waals surface area contributed by atoms with E-state index in [2.05, 4.69) is 21.5 Å². The number of rotatable bonds is 4. The molecule has 0 radical (unpaired) electrons. The average molecular weight is 406 g/mol. The molecule has 29 heavy (non-hydrogen) atoms. The molecular formula is C21H20ClN7. The molecule has 1 N–H and O–H groups in total. The van der Waals surface area contributed by atoms with Crippen molar-refractivity contribution in [1.29, 1.82) is 0 Å². The minimum Gasteiger partial charge on any atom is -0.321 e. The summed E-state index contributed by atoms with van der Waals surface area (Å²) in [6.45, 7) is 0. The van der Waals surface area contributed by atoms with E-state index >= 15 is 0 Å². The highest BCUT2D eigenvalue weighted by molar-refractivity contribution is 6.30.